The molecule has 0 fully saturated rings. The van der Waals surface area contributed by atoms with Gasteiger partial charge in [-0.05, 0) is 44.5 Å². The number of hydrogen-bond acceptors (Lipinski definition) is 5. The summed E-state index contributed by atoms with van der Waals surface area (Å²) in [6.45, 7) is 5.53. The number of nitrogens with zero attached hydrogens (tertiary/aromatic N) is 3. The first-order valence-corrected chi connectivity index (χ1v) is 9.96. The number of amidine groups is 2. The van der Waals surface area contributed by atoms with E-state index in [0.29, 0.717) is 11.0 Å². The molecule has 2 amide bonds. The van der Waals surface area contributed by atoms with Crippen LogP contribution >= 0.6 is 11.8 Å². The number of carbonyl (C=O) groups excluding carboxylic acids is 2. The second kappa shape index (κ2) is 7.24. The molecule has 0 bridgehead atoms. The number of aliphatic imine (C=N–C) groups is 2. The van der Waals surface area contributed by atoms with Crippen LogP contribution in [0.5, 0.6) is 0 Å². The minimum absolute atomic E-state index is 0.123. The maximum Gasteiger partial charge on any atom is 0.258 e. The fourth-order valence-corrected chi connectivity index (χ4v) is 4.03. The quantitative estimate of drug-likeness (QED) is 0.865. The number of fused-ring (bicyclic) bond motifs is 3. The molecule has 1 N–H and O–H groups in total. The Kier molecular flexibility index (Phi) is 4.77. The van der Waals surface area contributed by atoms with Gasteiger partial charge in [0.15, 0.2) is 5.17 Å². The Balaban J connectivity index is 1.59. The molecule has 0 aliphatic carbocycles. The van der Waals surface area contributed by atoms with Gasteiger partial charge in [-0.15, -0.1) is 0 Å². The Morgan fingerprint density at radius 1 is 1.18 bits per heavy atom. The van der Waals surface area contributed by atoms with Gasteiger partial charge in [0.25, 0.3) is 5.91 Å². The lowest BCUT2D eigenvalue weighted by Gasteiger charge is -2.26. The molecule has 0 unspecified atom stereocenters. The van der Waals surface area contributed by atoms with Crippen molar-refractivity contribution in [2.45, 2.75) is 32.1 Å². The molecule has 0 radical (unpaired) electrons. The van der Waals surface area contributed by atoms with Crippen molar-refractivity contribution in [3.8, 4) is 0 Å². The maximum absolute atomic E-state index is 12.7. The number of hydrogen-bond donors (Lipinski definition) is 1. The normalized spacial score (nSPS) is 18.8. The summed E-state index contributed by atoms with van der Waals surface area (Å²) in [7, 11) is 0. The van der Waals surface area contributed by atoms with Crippen molar-refractivity contribution < 1.29 is 9.59 Å². The van der Waals surface area contributed by atoms with E-state index >= 15 is 0 Å². The van der Waals surface area contributed by atoms with Crippen LogP contribution in [0, 0.1) is 6.92 Å². The average Bonchev–Trinajstić information content (AvgIpc) is 2.99. The lowest BCUT2D eigenvalue weighted by Crippen LogP contribution is -2.42. The Morgan fingerprint density at radius 3 is 2.68 bits per heavy atom. The van der Waals surface area contributed by atoms with Gasteiger partial charge in [0.1, 0.15) is 11.9 Å². The summed E-state index contributed by atoms with van der Waals surface area (Å²) in [5.41, 5.74) is 3.37. The minimum atomic E-state index is -0.456. The van der Waals surface area contributed by atoms with E-state index in [1.165, 1.54) is 16.7 Å². The van der Waals surface area contributed by atoms with Crippen molar-refractivity contribution in [1.29, 1.82) is 0 Å². The topological polar surface area (TPSA) is 74.1 Å². The van der Waals surface area contributed by atoms with Crippen molar-refractivity contribution in [2.75, 3.05) is 5.32 Å². The van der Waals surface area contributed by atoms with Crippen molar-refractivity contribution in [2.24, 2.45) is 9.98 Å². The van der Waals surface area contributed by atoms with Crippen LogP contribution in [0.15, 0.2) is 58.5 Å². The van der Waals surface area contributed by atoms with Crippen LogP contribution < -0.4 is 5.32 Å². The molecule has 2 aromatic rings. The van der Waals surface area contributed by atoms with E-state index in [1.54, 1.807) is 6.92 Å². The lowest BCUT2D eigenvalue weighted by atomic mass is 10.1. The number of rotatable bonds is 3. The van der Waals surface area contributed by atoms with E-state index in [2.05, 4.69) is 15.3 Å². The highest BCUT2D eigenvalue weighted by Gasteiger charge is 2.40. The first kappa shape index (κ1) is 18.4. The Hall–Kier alpha value is -2.93. The standard InChI is InChI=1S/C21H20N4O2S/c1-12-8-4-6-10-16(12)23-19(26)14(3)28-21-24-17-11-7-5-9-15(17)18-22-13(2)20(27)25(18)21/h4-11,13-14H,1-3H3,(H,23,26)/t13-,14+/m0/s1. The van der Waals surface area contributed by atoms with Gasteiger partial charge >= 0.3 is 0 Å². The van der Waals surface area contributed by atoms with Gasteiger partial charge in [-0.3, -0.25) is 14.6 Å². The SMILES string of the molecule is Cc1ccccc1NC(=O)[C@@H](C)SC1=Nc2ccccc2C2=N[C@@H](C)C(=O)N12. The highest BCUT2D eigenvalue weighted by Crippen LogP contribution is 2.34. The zero-order valence-corrected chi connectivity index (χ0v) is 16.7. The molecule has 2 aliphatic heterocycles. The second-order valence-corrected chi connectivity index (χ2v) is 8.09. The molecule has 28 heavy (non-hydrogen) atoms. The number of anilines is 1. The van der Waals surface area contributed by atoms with Gasteiger partial charge in [0, 0.05) is 11.3 Å². The minimum Gasteiger partial charge on any atom is -0.325 e. The Labute approximate surface area is 167 Å². The fourth-order valence-electron chi connectivity index (χ4n) is 3.11. The predicted octanol–water partition coefficient (Wildman–Crippen LogP) is 3.73. The van der Waals surface area contributed by atoms with E-state index in [0.717, 1.165) is 22.5 Å². The van der Waals surface area contributed by atoms with Crippen LogP contribution in [0.4, 0.5) is 11.4 Å². The van der Waals surface area contributed by atoms with Crippen molar-refractivity contribution in [3.05, 3.63) is 59.7 Å². The zero-order chi connectivity index (χ0) is 19.8. The number of benzene rings is 2. The molecular formula is C21H20N4O2S. The molecule has 6 nitrogen and oxygen atoms in total. The molecule has 0 spiro atoms. The molecule has 2 heterocycles. The van der Waals surface area contributed by atoms with Gasteiger partial charge in [0.2, 0.25) is 5.91 Å². The van der Waals surface area contributed by atoms with E-state index < -0.39 is 11.3 Å². The smallest absolute Gasteiger partial charge is 0.258 e. The van der Waals surface area contributed by atoms with Crippen molar-refractivity contribution in [3.63, 3.8) is 0 Å². The number of para-hydroxylation sites is 2. The summed E-state index contributed by atoms with van der Waals surface area (Å²) < 4.78 is 0. The summed E-state index contributed by atoms with van der Waals surface area (Å²) in [6.07, 6.45) is 0. The third-order valence-corrected chi connectivity index (χ3v) is 5.76. The third-order valence-electron chi connectivity index (χ3n) is 4.71. The van der Waals surface area contributed by atoms with Gasteiger partial charge in [-0.2, -0.15) is 0 Å². The molecule has 0 aromatic heterocycles. The summed E-state index contributed by atoms with van der Waals surface area (Å²) in [6, 6.07) is 14.8. The zero-order valence-electron chi connectivity index (χ0n) is 15.8. The highest BCUT2D eigenvalue weighted by atomic mass is 32.2. The van der Waals surface area contributed by atoms with Gasteiger partial charge in [-0.25, -0.2) is 9.89 Å². The average molecular weight is 392 g/mol. The largest absolute Gasteiger partial charge is 0.325 e. The molecule has 2 aliphatic rings. The summed E-state index contributed by atoms with van der Waals surface area (Å²) in [4.78, 5) is 36.1. The molecule has 0 saturated carbocycles. The van der Waals surface area contributed by atoms with Crippen LogP contribution in [-0.2, 0) is 9.59 Å². The summed E-state index contributed by atoms with van der Waals surface area (Å²) in [5.74, 6) is 0.346. The van der Waals surface area contributed by atoms with Crippen molar-refractivity contribution in [1.82, 2.24) is 4.90 Å². The van der Waals surface area contributed by atoms with E-state index in [1.807, 2.05) is 62.4 Å². The molecule has 2 atom stereocenters. The summed E-state index contributed by atoms with van der Waals surface area (Å²) in [5, 5.41) is 3.00. The molecular weight excluding hydrogens is 372 g/mol. The van der Waals surface area contributed by atoms with Crippen LogP contribution in [0.25, 0.3) is 0 Å². The number of thioether (sulfide) groups is 1. The van der Waals surface area contributed by atoms with Crippen LogP contribution in [0.1, 0.15) is 25.0 Å². The lowest BCUT2D eigenvalue weighted by molar-refractivity contribution is -0.124. The van der Waals surface area contributed by atoms with E-state index in [4.69, 9.17) is 0 Å². The van der Waals surface area contributed by atoms with Gasteiger partial charge in [0.05, 0.1) is 10.9 Å². The molecule has 142 valence electrons. The number of carbonyl (C=O) groups is 2. The Morgan fingerprint density at radius 2 is 1.89 bits per heavy atom. The van der Waals surface area contributed by atoms with E-state index in [9.17, 15) is 9.59 Å². The van der Waals surface area contributed by atoms with Crippen LogP contribution in [0.3, 0.4) is 0 Å². The molecule has 0 saturated heterocycles. The fraction of sp³-hybridized carbons (Fsp3) is 0.238. The predicted molar refractivity (Wildman–Crippen MR) is 113 cm³/mol. The first-order valence-electron chi connectivity index (χ1n) is 9.08. The monoisotopic (exact) mass is 392 g/mol. The van der Waals surface area contributed by atoms with Gasteiger partial charge < -0.3 is 5.32 Å². The molecule has 4 rings (SSSR count). The first-order chi connectivity index (χ1) is 13.5. The number of amides is 2. The summed E-state index contributed by atoms with van der Waals surface area (Å²) >= 11 is 1.26. The maximum atomic E-state index is 12.7. The number of aryl methyl sites for hydroxylation is 1. The molecule has 7 heteroatoms. The third kappa shape index (κ3) is 3.22. The Bertz CT molecular complexity index is 1030. The second-order valence-electron chi connectivity index (χ2n) is 6.78. The van der Waals surface area contributed by atoms with Gasteiger partial charge in [-0.1, -0.05) is 42.1 Å². The van der Waals surface area contributed by atoms with Crippen LogP contribution in [-0.4, -0.2) is 39.0 Å². The van der Waals surface area contributed by atoms with Crippen LogP contribution in [0.2, 0.25) is 0 Å². The highest BCUT2D eigenvalue weighted by molar-refractivity contribution is 8.15. The van der Waals surface area contributed by atoms with E-state index in [-0.39, 0.29) is 11.8 Å². The number of nitrogens with one attached hydrogen (secondary N) is 1. The van der Waals surface area contributed by atoms with Crippen molar-refractivity contribution >= 4 is 46.0 Å². The molecule has 2 aromatic carbocycles.